The number of aromatic nitrogens is 3. The van der Waals surface area contributed by atoms with Gasteiger partial charge in [-0.25, -0.2) is 9.97 Å². The minimum atomic E-state index is 0.540. The van der Waals surface area contributed by atoms with Crippen LogP contribution in [0.2, 0.25) is 5.15 Å². The second kappa shape index (κ2) is 4.80. The Hall–Kier alpha value is -1.48. The van der Waals surface area contributed by atoms with E-state index in [1.165, 1.54) is 0 Å². The molecular formula is C13H14ClN3. The van der Waals surface area contributed by atoms with E-state index in [0.29, 0.717) is 11.0 Å². The van der Waals surface area contributed by atoms with Gasteiger partial charge in [-0.1, -0.05) is 18.5 Å². The van der Waals surface area contributed by atoms with Crippen molar-refractivity contribution in [2.75, 3.05) is 0 Å². The first kappa shape index (κ1) is 12.0. The Morgan fingerprint density at radius 3 is 2.59 bits per heavy atom. The molecule has 0 aliphatic carbocycles. The average molecular weight is 248 g/mol. The van der Waals surface area contributed by atoms with Crippen LogP contribution in [0.3, 0.4) is 0 Å². The third kappa shape index (κ3) is 2.29. The summed E-state index contributed by atoms with van der Waals surface area (Å²) in [5, 5.41) is 0.540. The second-order valence-electron chi connectivity index (χ2n) is 3.95. The number of pyridine rings is 1. The van der Waals surface area contributed by atoms with Gasteiger partial charge in [0.1, 0.15) is 5.15 Å². The Kier molecular flexibility index (Phi) is 3.38. The number of rotatable bonds is 2. The fraction of sp³-hybridized carbons (Fsp3) is 0.308. The summed E-state index contributed by atoms with van der Waals surface area (Å²) in [6, 6.07) is 1.94. The van der Waals surface area contributed by atoms with Crippen molar-refractivity contribution in [3.8, 4) is 11.4 Å². The van der Waals surface area contributed by atoms with Gasteiger partial charge in [-0.3, -0.25) is 4.98 Å². The van der Waals surface area contributed by atoms with Crippen molar-refractivity contribution in [1.29, 1.82) is 0 Å². The monoisotopic (exact) mass is 247 g/mol. The van der Waals surface area contributed by atoms with E-state index < -0.39 is 0 Å². The lowest BCUT2D eigenvalue weighted by Crippen LogP contribution is -2.00. The van der Waals surface area contributed by atoms with Gasteiger partial charge in [-0.2, -0.15) is 0 Å². The average Bonchev–Trinajstić information content (AvgIpc) is 2.29. The van der Waals surface area contributed by atoms with Crippen molar-refractivity contribution in [2.45, 2.75) is 27.2 Å². The molecule has 0 unspecified atom stereocenters. The van der Waals surface area contributed by atoms with Gasteiger partial charge in [0.2, 0.25) is 0 Å². The van der Waals surface area contributed by atoms with Crippen LogP contribution < -0.4 is 0 Å². The van der Waals surface area contributed by atoms with E-state index in [1.807, 2.05) is 26.8 Å². The largest absolute Gasteiger partial charge is 0.264 e. The Bertz CT molecular complexity index is 529. The van der Waals surface area contributed by atoms with E-state index in [4.69, 9.17) is 11.6 Å². The standard InChI is InChI=1S/C13H14ClN3/c1-4-10-9(3)16-13(17-12(10)14)11-7-15-6-5-8(11)2/h5-7H,4H2,1-3H3. The lowest BCUT2D eigenvalue weighted by Gasteiger charge is -2.09. The van der Waals surface area contributed by atoms with Crippen LogP contribution in [0.15, 0.2) is 18.5 Å². The van der Waals surface area contributed by atoms with Gasteiger partial charge < -0.3 is 0 Å². The zero-order chi connectivity index (χ0) is 12.4. The summed E-state index contributed by atoms with van der Waals surface area (Å²) >= 11 is 6.17. The van der Waals surface area contributed by atoms with E-state index >= 15 is 0 Å². The third-order valence-electron chi connectivity index (χ3n) is 2.80. The molecule has 0 atom stereocenters. The lowest BCUT2D eigenvalue weighted by atomic mass is 10.1. The Labute approximate surface area is 106 Å². The summed E-state index contributed by atoms with van der Waals surface area (Å²) in [5.41, 5.74) is 3.97. The molecule has 2 rings (SSSR count). The zero-order valence-corrected chi connectivity index (χ0v) is 10.9. The predicted molar refractivity (Wildman–Crippen MR) is 69.1 cm³/mol. The molecule has 0 fully saturated rings. The van der Waals surface area contributed by atoms with Crippen LogP contribution in [-0.4, -0.2) is 15.0 Å². The first-order valence-corrected chi connectivity index (χ1v) is 5.95. The smallest absolute Gasteiger partial charge is 0.162 e. The fourth-order valence-electron chi connectivity index (χ4n) is 1.78. The zero-order valence-electron chi connectivity index (χ0n) is 10.2. The SMILES string of the molecule is CCc1c(C)nc(-c2cnccc2C)nc1Cl. The van der Waals surface area contributed by atoms with Gasteiger partial charge in [0, 0.05) is 29.2 Å². The molecule has 3 nitrogen and oxygen atoms in total. The summed E-state index contributed by atoms with van der Waals surface area (Å²) in [7, 11) is 0. The highest BCUT2D eigenvalue weighted by Crippen LogP contribution is 2.23. The topological polar surface area (TPSA) is 38.7 Å². The molecule has 0 bridgehead atoms. The van der Waals surface area contributed by atoms with Crippen LogP contribution in [0.4, 0.5) is 0 Å². The molecule has 0 spiro atoms. The molecule has 4 heteroatoms. The van der Waals surface area contributed by atoms with Crippen molar-refractivity contribution in [3.63, 3.8) is 0 Å². The first-order chi connectivity index (χ1) is 8.13. The van der Waals surface area contributed by atoms with Crippen LogP contribution in [0.1, 0.15) is 23.7 Å². The van der Waals surface area contributed by atoms with Crippen LogP contribution in [0.25, 0.3) is 11.4 Å². The summed E-state index contributed by atoms with van der Waals surface area (Å²) in [6.07, 6.45) is 4.37. The van der Waals surface area contributed by atoms with Gasteiger partial charge in [0.15, 0.2) is 5.82 Å². The maximum atomic E-state index is 6.17. The minimum Gasteiger partial charge on any atom is -0.264 e. The minimum absolute atomic E-state index is 0.540. The van der Waals surface area contributed by atoms with E-state index in [-0.39, 0.29) is 0 Å². The fourth-order valence-corrected chi connectivity index (χ4v) is 2.13. The van der Waals surface area contributed by atoms with Crippen molar-refractivity contribution < 1.29 is 0 Å². The molecule has 0 N–H and O–H groups in total. The van der Waals surface area contributed by atoms with E-state index in [0.717, 1.165) is 28.8 Å². The molecule has 2 aromatic rings. The first-order valence-electron chi connectivity index (χ1n) is 5.57. The molecule has 2 heterocycles. The molecule has 0 saturated heterocycles. The Morgan fingerprint density at radius 1 is 1.24 bits per heavy atom. The maximum absolute atomic E-state index is 6.17. The highest BCUT2D eigenvalue weighted by atomic mass is 35.5. The van der Waals surface area contributed by atoms with Gasteiger partial charge in [0.25, 0.3) is 0 Å². The summed E-state index contributed by atoms with van der Waals surface area (Å²) < 4.78 is 0. The maximum Gasteiger partial charge on any atom is 0.162 e. The van der Waals surface area contributed by atoms with Crippen LogP contribution in [-0.2, 0) is 6.42 Å². The summed E-state index contributed by atoms with van der Waals surface area (Å²) in [6.45, 7) is 6.02. The van der Waals surface area contributed by atoms with Crippen LogP contribution in [0, 0.1) is 13.8 Å². The van der Waals surface area contributed by atoms with Crippen molar-refractivity contribution >= 4 is 11.6 Å². The molecule has 0 amide bonds. The van der Waals surface area contributed by atoms with E-state index in [1.54, 1.807) is 12.4 Å². The predicted octanol–water partition coefficient (Wildman–Crippen LogP) is 3.37. The van der Waals surface area contributed by atoms with E-state index in [2.05, 4.69) is 15.0 Å². The van der Waals surface area contributed by atoms with Crippen LogP contribution in [0.5, 0.6) is 0 Å². The molecule has 17 heavy (non-hydrogen) atoms. The van der Waals surface area contributed by atoms with Crippen molar-refractivity contribution in [3.05, 3.63) is 40.4 Å². The highest BCUT2D eigenvalue weighted by Gasteiger charge is 2.11. The van der Waals surface area contributed by atoms with Crippen LogP contribution >= 0.6 is 11.6 Å². The molecule has 0 aromatic carbocycles. The van der Waals surface area contributed by atoms with Gasteiger partial charge in [-0.15, -0.1) is 0 Å². The molecule has 0 saturated carbocycles. The summed E-state index contributed by atoms with van der Waals surface area (Å²) in [4.78, 5) is 13.0. The number of aryl methyl sites for hydroxylation is 2. The van der Waals surface area contributed by atoms with E-state index in [9.17, 15) is 0 Å². The Balaban J connectivity index is 2.59. The van der Waals surface area contributed by atoms with Gasteiger partial charge in [-0.05, 0) is 31.9 Å². The number of hydrogen-bond donors (Lipinski definition) is 0. The molecule has 0 radical (unpaired) electrons. The highest BCUT2D eigenvalue weighted by molar-refractivity contribution is 6.30. The van der Waals surface area contributed by atoms with Crippen molar-refractivity contribution in [1.82, 2.24) is 15.0 Å². The van der Waals surface area contributed by atoms with Gasteiger partial charge in [0.05, 0.1) is 0 Å². The molecule has 2 aromatic heterocycles. The normalized spacial score (nSPS) is 10.6. The summed E-state index contributed by atoms with van der Waals surface area (Å²) in [5.74, 6) is 0.648. The molecule has 0 aliphatic rings. The number of nitrogens with zero attached hydrogens (tertiary/aromatic N) is 3. The number of halogens is 1. The van der Waals surface area contributed by atoms with Gasteiger partial charge >= 0.3 is 0 Å². The second-order valence-corrected chi connectivity index (χ2v) is 4.30. The lowest BCUT2D eigenvalue weighted by molar-refractivity contribution is 0.998. The molecular weight excluding hydrogens is 234 g/mol. The van der Waals surface area contributed by atoms with Crippen molar-refractivity contribution in [2.24, 2.45) is 0 Å². The number of hydrogen-bond acceptors (Lipinski definition) is 3. The molecule has 88 valence electrons. The third-order valence-corrected chi connectivity index (χ3v) is 3.11. The quantitative estimate of drug-likeness (QED) is 0.764. The molecule has 0 aliphatic heterocycles. The Morgan fingerprint density at radius 2 is 2.00 bits per heavy atom.